The average molecular weight is 467 g/mol. The Morgan fingerprint density at radius 2 is 1.93 bits per heavy atom. The van der Waals surface area contributed by atoms with Crippen LogP contribution in [0, 0.1) is 6.92 Å². The third kappa shape index (κ3) is 4.03. The predicted molar refractivity (Wildman–Crippen MR) is 120 cm³/mol. The molecule has 0 saturated heterocycles. The molecule has 0 aliphatic carbocycles. The first-order valence-corrected chi connectivity index (χ1v) is 9.91. The number of oxazole rings is 1. The Kier molecular flexibility index (Phi) is 5.37. The number of thiocarbonyl (C=S) groups is 1. The molecule has 2 aromatic heterocycles. The zero-order valence-electron chi connectivity index (χ0n) is 15.3. The molecule has 29 heavy (non-hydrogen) atoms. The molecule has 0 fully saturated rings. The smallest absolute Gasteiger partial charge is 0.258 e. The molecular weight excluding hydrogens is 452 g/mol. The molecule has 0 unspecified atom stereocenters. The van der Waals surface area contributed by atoms with Gasteiger partial charge in [0.25, 0.3) is 5.91 Å². The van der Waals surface area contributed by atoms with Gasteiger partial charge in [-0.3, -0.25) is 10.1 Å². The lowest BCUT2D eigenvalue weighted by Crippen LogP contribution is -2.34. The van der Waals surface area contributed by atoms with Gasteiger partial charge < -0.3 is 9.73 Å². The maximum absolute atomic E-state index is 12.4. The number of rotatable bonds is 3. The number of nitrogens with one attached hydrogen (secondary N) is 2. The van der Waals surface area contributed by atoms with E-state index in [4.69, 9.17) is 16.6 Å². The summed E-state index contributed by atoms with van der Waals surface area (Å²) >= 11 is 8.69. The highest BCUT2D eigenvalue weighted by atomic mass is 79.9. The molecule has 0 saturated carbocycles. The fraction of sp³-hybridized carbons (Fsp3) is 0.0476. The van der Waals surface area contributed by atoms with Crippen LogP contribution in [0.25, 0.3) is 22.7 Å². The van der Waals surface area contributed by atoms with Crippen molar-refractivity contribution in [1.82, 2.24) is 15.3 Å². The molecule has 4 rings (SSSR count). The number of carbonyl (C=O) groups excluding carboxylic acids is 1. The van der Waals surface area contributed by atoms with Crippen molar-refractivity contribution in [3.05, 3.63) is 76.4 Å². The van der Waals surface area contributed by atoms with Gasteiger partial charge in [0, 0.05) is 21.9 Å². The van der Waals surface area contributed by atoms with E-state index >= 15 is 0 Å². The summed E-state index contributed by atoms with van der Waals surface area (Å²) in [5, 5.41) is 5.97. The van der Waals surface area contributed by atoms with Crippen LogP contribution in [-0.4, -0.2) is 21.0 Å². The predicted octanol–water partition coefficient (Wildman–Crippen LogP) is 5.09. The Morgan fingerprint density at radius 3 is 2.72 bits per heavy atom. The lowest BCUT2D eigenvalue weighted by atomic mass is 10.1. The van der Waals surface area contributed by atoms with Gasteiger partial charge in [0.05, 0.1) is 5.56 Å². The van der Waals surface area contributed by atoms with Crippen LogP contribution in [0.15, 0.2) is 69.7 Å². The van der Waals surface area contributed by atoms with Crippen LogP contribution in [-0.2, 0) is 0 Å². The van der Waals surface area contributed by atoms with Crippen molar-refractivity contribution in [1.29, 1.82) is 0 Å². The Labute approximate surface area is 180 Å². The van der Waals surface area contributed by atoms with E-state index in [2.05, 4.69) is 36.5 Å². The van der Waals surface area contributed by atoms with Gasteiger partial charge in [0.15, 0.2) is 16.3 Å². The van der Waals surface area contributed by atoms with Crippen molar-refractivity contribution in [2.75, 3.05) is 5.32 Å². The number of hydrogen-bond donors (Lipinski definition) is 2. The molecule has 4 aromatic rings. The van der Waals surface area contributed by atoms with E-state index in [0.717, 1.165) is 16.8 Å². The Hall–Kier alpha value is -3.10. The molecule has 2 aromatic carbocycles. The fourth-order valence-electron chi connectivity index (χ4n) is 2.86. The van der Waals surface area contributed by atoms with Crippen LogP contribution in [0.5, 0.6) is 0 Å². The van der Waals surface area contributed by atoms with Crippen LogP contribution >= 0.6 is 28.1 Å². The number of carbonyl (C=O) groups is 1. The zero-order chi connectivity index (χ0) is 20.4. The van der Waals surface area contributed by atoms with Crippen molar-refractivity contribution in [3.8, 4) is 11.5 Å². The number of fused-ring (bicyclic) bond motifs is 1. The average Bonchev–Trinajstić information content (AvgIpc) is 3.13. The van der Waals surface area contributed by atoms with Crippen LogP contribution in [0.4, 0.5) is 5.69 Å². The van der Waals surface area contributed by atoms with E-state index in [1.165, 1.54) is 0 Å². The summed E-state index contributed by atoms with van der Waals surface area (Å²) in [5.74, 6) is 0.178. The monoisotopic (exact) mass is 466 g/mol. The van der Waals surface area contributed by atoms with Crippen molar-refractivity contribution in [2.45, 2.75) is 6.92 Å². The quantitative estimate of drug-likeness (QED) is 0.409. The van der Waals surface area contributed by atoms with Gasteiger partial charge in [-0.1, -0.05) is 18.2 Å². The number of nitrogens with zero attached hydrogens (tertiary/aromatic N) is 2. The molecule has 0 radical (unpaired) electrons. The largest absolute Gasteiger partial charge is 0.434 e. The second-order valence-corrected chi connectivity index (χ2v) is 7.47. The summed E-state index contributed by atoms with van der Waals surface area (Å²) in [5.41, 5.74) is 4.12. The molecule has 2 N–H and O–H groups in total. The number of benzene rings is 2. The number of hydrogen-bond acceptors (Lipinski definition) is 5. The highest BCUT2D eigenvalue weighted by molar-refractivity contribution is 9.10. The number of halogens is 1. The number of anilines is 1. The number of amides is 1. The first kappa shape index (κ1) is 19.2. The second-order valence-electron chi connectivity index (χ2n) is 6.21. The Morgan fingerprint density at radius 1 is 1.10 bits per heavy atom. The maximum atomic E-state index is 12.4. The molecule has 0 bridgehead atoms. The van der Waals surface area contributed by atoms with Crippen LogP contribution in [0.1, 0.15) is 15.9 Å². The second kappa shape index (κ2) is 8.10. The van der Waals surface area contributed by atoms with E-state index in [-0.39, 0.29) is 11.0 Å². The highest BCUT2D eigenvalue weighted by Crippen LogP contribution is 2.30. The maximum Gasteiger partial charge on any atom is 0.258 e. The van der Waals surface area contributed by atoms with Gasteiger partial charge in [-0.25, -0.2) is 4.98 Å². The molecule has 144 valence electrons. The fourth-order valence-corrected chi connectivity index (χ4v) is 3.52. The van der Waals surface area contributed by atoms with Gasteiger partial charge in [0.2, 0.25) is 5.89 Å². The molecule has 2 heterocycles. The summed E-state index contributed by atoms with van der Waals surface area (Å²) < 4.78 is 6.52. The lowest BCUT2D eigenvalue weighted by molar-refractivity contribution is 0.0977. The Balaban J connectivity index is 1.55. The van der Waals surface area contributed by atoms with Gasteiger partial charge in [-0.2, -0.15) is 4.98 Å². The van der Waals surface area contributed by atoms with Gasteiger partial charge >= 0.3 is 0 Å². The van der Waals surface area contributed by atoms with E-state index in [0.29, 0.717) is 27.2 Å². The number of aromatic nitrogens is 2. The molecule has 0 aliphatic rings. The topological polar surface area (TPSA) is 80.0 Å². The van der Waals surface area contributed by atoms with Crippen LogP contribution in [0.3, 0.4) is 0 Å². The Bertz CT molecular complexity index is 1210. The van der Waals surface area contributed by atoms with E-state index in [9.17, 15) is 4.79 Å². The van der Waals surface area contributed by atoms with Crippen molar-refractivity contribution in [2.24, 2.45) is 0 Å². The van der Waals surface area contributed by atoms with Crippen molar-refractivity contribution < 1.29 is 9.21 Å². The standard InChI is InChI=1S/C21H15BrN4O2S/c1-12-13(20-25-18-17(28-20)10-5-11-23-18)7-4-9-16(12)24-21(29)26-19(27)14-6-2-3-8-15(14)22/h2-11H,1H3,(H2,24,26,27,29). The minimum Gasteiger partial charge on any atom is -0.434 e. The first-order valence-electron chi connectivity index (χ1n) is 8.71. The van der Waals surface area contributed by atoms with Crippen molar-refractivity contribution >= 4 is 56.1 Å². The van der Waals surface area contributed by atoms with Crippen LogP contribution < -0.4 is 10.6 Å². The molecule has 0 aliphatic heterocycles. The minimum absolute atomic E-state index is 0.199. The molecule has 6 nitrogen and oxygen atoms in total. The lowest BCUT2D eigenvalue weighted by Gasteiger charge is -2.13. The summed E-state index contributed by atoms with van der Waals surface area (Å²) in [6, 6.07) is 16.4. The van der Waals surface area contributed by atoms with E-state index in [1.807, 2.05) is 37.3 Å². The van der Waals surface area contributed by atoms with Gasteiger partial charge in [-0.15, -0.1) is 0 Å². The first-order chi connectivity index (χ1) is 14.0. The van der Waals surface area contributed by atoms with Crippen molar-refractivity contribution in [3.63, 3.8) is 0 Å². The minimum atomic E-state index is -0.297. The summed E-state index contributed by atoms with van der Waals surface area (Å²) in [7, 11) is 0. The molecular formula is C21H15BrN4O2S. The summed E-state index contributed by atoms with van der Waals surface area (Å²) in [6.45, 7) is 1.93. The zero-order valence-corrected chi connectivity index (χ0v) is 17.7. The van der Waals surface area contributed by atoms with E-state index in [1.54, 1.807) is 30.5 Å². The molecule has 0 spiro atoms. The van der Waals surface area contributed by atoms with Crippen LogP contribution in [0.2, 0.25) is 0 Å². The highest BCUT2D eigenvalue weighted by Gasteiger charge is 2.15. The third-order valence-corrected chi connectivity index (χ3v) is 5.22. The molecule has 8 heteroatoms. The molecule has 1 amide bonds. The van der Waals surface area contributed by atoms with Gasteiger partial charge in [0.1, 0.15) is 0 Å². The normalized spacial score (nSPS) is 10.7. The number of pyridine rings is 1. The molecule has 0 atom stereocenters. The van der Waals surface area contributed by atoms with Gasteiger partial charge in [-0.05, 0) is 77.0 Å². The summed E-state index contributed by atoms with van der Waals surface area (Å²) in [6.07, 6.45) is 1.67. The summed E-state index contributed by atoms with van der Waals surface area (Å²) in [4.78, 5) is 21.1. The van der Waals surface area contributed by atoms with E-state index < -0.39 is 0 Å². The SMILES string of the molecule is Cc1c(NC(=S)NC(=O)c2ccccc2Br)cccc1-c1nc2ncccc2o1. The third-order valence-electron chi connectivity index (χ3n) is 4.32.